The molecule has 0 saturated carbocycles. The number of unbranched alkanes of at least 4 members (excludes halogenated alkanes) is 5. The Kier molecular flexibility index (Phi) is 9.32. The maximum absolute atomic E-state index is 10.5. The predicted molar refractivity (Wildman–Crippen MR) is 60.6 cm³/mol. The van der Waals surface area contributed by atoms with Gasteiger partial charge in [-0.25, -0.2) is 9.59 Å². The van der Waals surface area contributed by atoms with E-state index < -0.39 is 12.3 Å². The Bertz CT molecular complexity index is 237. The van der Waals surface area contributed by atoms with Crippen molar-refractivity contribution >= 4 is 12.2 Å². The van der Waals surface area contributed by atoms with Crippen LogP contribution in [0.5, 0.6) is 0 Å². The number of carbonyl (C=O) groups excluding carboxylic acids is 2. The number of nitrogens with zero attached hydrogens (tertiary/aromatic N) is 1. The molecule has 0 aromatic carbocycles. The minimum Gasteiger partial charge on any atom is -0.423 e. The zero-order valence-electron chi connectivity index (χ0n) is 9.78. The maximum Gasteiger partial charge on any atom is 0.406 e. The van der Waals surface area contributed by atoms with Crippen LogP contribution >= 0.6 is 0 Å². The van der Waals surface area contributed by atoms with Gasteiger partial charge in [0.15, 0.2) is 0 Å². The molecule has 5 heteroatoms. The number of ether oxygens (including phenoxy) is 1. The van der Waals surface area contributed by atoms with Crippen molar-refractivity contribution in [1.29, 1.82) is 0 Å². The van der Waals surface area contributed by atoms with Gasteiger partial charge in [-0.1, -0.05) is 39.0 Å². The Labute approximate surface area is 96.1 Å². The quantitative estimate of drug-likeness (QED) is 0.374. The van der Waals surface area contributed by atoms with Crippen LogP contribution in [0.2, 0.25) is 0 Å². The van der Waals surface area contributed by atoms with E-state index in [2.05, 4.69) is 16.7 Å². The van der Waals surface area contributed by atoms with Crippen LogP contribution in [0, 0.1) is 0 Å². The molecule has 0 bridgehead atoms. The lowest BCUT2D eigenvalue weighted by Crippen LogP contribution is -2.21. The zero-order chi connectivity index (χ0) is 12.2. The summed E-state index contributed by atoms with van der Waals surface area (Å²) in [5.74, 6) is 0. The van der Waals surface area contributed by atoms with Crippen molar-refractivity contribution in [2.75, 3.05) is 0 Å². The third kappa shape index (κ3) is 9.21. The average molecular weight is 228 g/mol. The fraction of sp³-hybridized carbons (Fsp3) is 0.818. The monoisotopic (exact) mass is 228 g/mol. The second-order valence-electron chi connectivity index (χ2n) is 3.67. The molecule has 1 amide bonds. The molecule has 92 valence electrons. The highest BCUT2D eigenvalue weighted by molar-refractivity contribution is 5.64. The van der Waals surface area contributed by atoms with Crippen molar-refractivity contribution in [3.05, 3.63) is 0 Å². The number of isocyanates is 1. The highest BCUT2D eigenvalue weighted by Gasteiger charge is 2.09. The molecule has 0 aliphatic carbocycles. The third-order valence-corrected chi connectivity index (χ3v) is 2.25. The van der Waals surface area contributed by atoms with E-state index in [1.165, 1.54) is 25.3 Å². The number of hydrogen-bond acceptors (Lipinski definition) is 4. The number of hydrogen-bond donors (Lipinski definition) is 1. The van der Waals surface area contributed by atoms with Crippen LogP contribution in [0.3, 0.4) is 0 Å². The number of aliphatic imine (C=N–C) groups is 1. The lowest BCUT2D eigenvalue weighted by Gasteiger charge is -2.09. The van der Waals surface area contributed by atoms with Crippen LogP contribution in [0.1, 0.15) is 51.9 Å². The number of amides is 1. The second-order valence-corrected chi connectivity index (χ2v) is 3.67. The standard InChI is InChI=1S/C11H20N2O3/c1-2-3-4-5-6-7-8-10(13-9-14)16-11(12)15/h10H,2-8H2,1H3,(H2,12,15). The van der Waals surface area contributed by atoms with Crippen LogP contribution in [0.15, 0.2) is 4.99 Å². The first kappa shape index (κ1) is 14.6. The largest absolute Gasteiger partial charge is 0.423 e. The summed E-state index contributed by atoms with van der Waals surface area (Å²) >= 11 is 0. The van der Waals surface area contributed by atoms with E-state index in [1.54, 1.807) is 0 Å². The zero-order valence-corrected chi connectivity index (χ0v) is 9.78. The molecule has 0 fully saturated rings. The molecule has 0 aliphatic heterocycles. The molecular formula is C11H20N2O3. The fourth-order valence-electron chi connectivity index (χ4n) is 1.44. The van der Waals surface area contributed by atoms with Crippen molar-refractivity contribution in [2.45, 2.75) is 58.1 Å². The van der Waals surface area contributed by atoms with Crippen molar-refractivity contribution in [3.63, 3.8) is 0 Å². The molecule has 2 N–H and O–H groups in total. The Morgan fingerprint density at radius 2 is 1.94 bits per heavy atom. The Morgan fingerprint density at radius 1 is 1.31 bits per heavy atom. The topological polar surface area (TPSA) is 81.8 Å². The van der Waals surface area contributed by atoms with Gasteiger partial charge in [-0.3, -0.25) is 0 Å². The number of rotatable bonds is 9. The van der Waals surface area contributed by atoms with Gasteiger partial charge in [0, 0.05) is 6.42 Å². The molecule has 16 heavy (non-hydrogen) atoms. The van der Waals surface area contributed by atoms with Gasteiger partial charge in [0.1, 0.15) is 0 Å². The number of carbonyl (C=O) groups is 1. The molecule has 0 spiro atoms. The summed E-state index contributed by atoms with van der Waals surface area (Å²) in [5.41, 5.74) is 4.84. The van der Waals surface area contributed by atoms with Crippen molar-refractivity contribution < 1.29 is 14.3 Å². The van der Waals surface area contributed by atoms with E-state index in [0.29, 0.717) is 6.42 Å². The summed E-state index contributed by atoms with van der Waals surface area (Å²) < 4.78 is 4.63. The first-order valence-electron chi connectivity index (χ1n) is 5.73. The van der Waals surface area contributed by atoms with Crippen LogP contribution in [-0.4, -0.2) is 18.4 Å². The molecule has 0 heterocycles. The van der Waals surface area contributed by atoms with Crippen LogP contribution in [0.4, 0.5) is 4.79 Å². The van der Waals surface area contributed by atoms with E-state index in [9.17, 15) is 9.59 Å². The molecule has 0 aromatic heterocycles. The SMILES string of the molecule is CCCCCCCCC(N=C=O)OC(N)=O. The molecular weight excluding hydrogens is 208 g/mol. The van der Waals surface area contributed by atoms with Gasteiger partial charge in [-0.05, 0) is 6.42 Å². The first-order valence-corrected chi connectivity index (χ1v) is 5.73. The lowest BCUT2D eigenvalue weighted by molar-refractivity contribution is 0.104. The van der Waals surface area contributed by atoms with Gasteiger partial charge >= 0.3 is 6.09 Å². The van der Waals surface area contributed by atoms with Gasteiger partial charge in [0.2, 0.25) is 12.3 Å². The number of nitrogens with two attached hydrogens (primary N) is 1. The normalized spacial score (nSPS) is 11.6. The van der Waals surface area contributed by atoms with Crippen molar-refractivity contribution in [1.82, 2.24) is 0 Å². The predicted octanol–water partition coefficient (Wildman–Crippen LogP) is 2.49. The average Bonchev–Trinajstić information content (AvgIpc) is 2.22. The van der Waals surface area contributed by atoms with Crippen molar-refractivity contribution in [3.8, 4) is 0 Å². The van der Waals surface area contributed by atoms with E-state index in [1.807, 2.05) is 0 Å². The molecule has 0 saturated heterocycles. The summed E-state index contributed by atoms with van der Waals surface area (Å²) in [5, 5.41) is 0. The molecule has 1 unspecified atom stereocenters. The van der Waals surface area contributed by atoms with Crippen LogP contribution < -0.4 is 5.73 Å². The molecule has 0 rings (SSSR count). The van der Waals surface area contributed by atoms with Gasteiger partial charge in [-0.2, -0.15) is 4.99 Å². The smallest absolute Gasteiger partial charge is 0.406 e. The van der Waals surface area contributed by atoms with Crippen LogP contribution in [-0.2, 0) is 9.53 Å². The second kappa shape index (κ2) is 10.2. The van der Waals surface area contributed by atoms with E-state index in [-0.39, 0.29) is 0 Å². The van der Waals surface area contributed by atoms with Gasteiger partial charge in [-0.15, -0.1) is 0 Å². The molecule has 1 atom stereocenters. The Balaban J connectivity index is 3.60. The Hall–Kier alpha value is -1.35. The lowest BCUT2D eigenvalue weighted by atomic mass is 10.1. The summed E-state index contributed by atoms with van der Waals surface area (Å²) in [6.45, 7) is 2.16. The molecule has 0 aliphatic rings. The van der Waals surface area contributed by atoms with Gasteiger partial charge in [0.25, 0.3) is 0 Å². The maximum atomic E-state index is 10.5. The molecule has 5 nitrogen and oxygen atoms in total. The summed E-state index contributed by atoms with van der Waals surface area (Å²) in [6.07, 6.45) is 6.98. The van der Waals surface area contributed by atoms with Crippen molar-refractivity contribution in [2.24, 2.45) is 10.7 Å². The third-order valence-electron chi connectivity index (χ3n) is 2.25. The van der Waals surface area contributed by atoms with Gasteiger partial charge in [0.05, 0.1) is 0 Å². The highest BCUT2D eigenvalue weighted by Crippen LogP contribution is 2.10. The van der Waals surface area contributed by atoms with E-state index in [4.69, 9.17) is 5.73 Å². The fourth-order valence-corrected chi connectivity index (χ4v) is 1.44. The molecule has 0 aromatic rings. The minimum absolute atomic E-state index is 0.532. The first-order chi connectivity index (χ1) is 7.70. The van der Waals surface area contributed by atoms with Crippen LogP contribution in [0.25, 0.3) is 0 Å². The Morgan fingerprint density at radius 3 is 2.50 bits per heavy atom. The minimum atomic E-state index is -0.907. The summed E-state index contributed by atoms with van der Waals surface area (Å²) in [7, 11) is 0. The summed E-state index contributed by atoms with van der Waals surface area (Å²) in [4.78, 5) is 23.9. The van der Waals surface area contributed by atoms with E-state index >= 15 is 0 Å². The number of primary amides is 1. The summed E-state index contributed by atoms with van der Waals surface area (Å²) in [6, 6.07) is 0. The highest BCUT2D eigenvalue weighted by atomic mass is 16.6. The van der Waals surface area contributed by atoms with E-state index in [0.717, 1.165) is 19.3 Å². The molecule has 0 radical (unpaired) electrons. The van der Waals surface area contributed by atoms with Gasteiger partial charge < -0.3 is 10.5 Å².